The molecule has 6 heteroatoms. The Bertz CT molecular complexity index is 170. The van der Waals surface area contributed by atoms with Gasteiger partial charge in [-0.1, -0.05) is 0 Å². The summed E-state index contributed by atoms with van der Waals surface area (Å²) in [5.41, 5.74) is 2.36. The molecular formula is C5H12NO4P. The predicted molar refractivity (Wildman–Crippen MR) is 40.9 cm³/mol. The van der Waals surface area contributed by atoms with Crippen LogP contribution in [0.15, 0.2) is 12.5 Å². The van der Waals surface area contributed by atoms with Gasteiger partial charge in [0, 0.05) is 13.8 Å². The molecule has 0 bridgehead atoms. The lowest BCUT2D eigenvalue weighted by molar-refractivity contribution is 0.126. The van der Waals surface area contributed by atoms with Crippen molar-refractivity contribution >= 4 is 7.60 Å². The van der Waals surface area contributed by atoms with E-state index in [4.69, 9.17) is 4.52 Å². The molecule has 0 aliphatic carbocycles. The van der Waals surface area contributed by atoms with E-state index in [1.807, 2.05) is 0 Å². The summed E-state index contributed by atoms with van der Waals surface area (Å²) in [5, 5.41) is 0. The molecule has 0 rings (SSSR count). The van der Waals surface area contributed by atoms with Crippen molar-refractivity contribution in [2.45, 2.75) is 0 Å². The van der Waals surface area contributed by atoms with Crippen molar-refractivity contribution in [3.8, 4) is 0 Å². The first-order chi connectivity index (χ1) is 5.12. The highest BCUT2D eigenvalue weighted by Gasteiger charge is 2.11. The van der Waals surface area contributed by atoms with Gasteiger partial charge >= 0.3 is 7.60 Å². The third-order valence-electron chi connectivity index (χ3n) is 0.838. The fourth-order valence-corrected chi connectivity index (χ4v) is 0.648. The van der Waals surface area contributed by atoms with Crippen molar-refractivity contribution < 1.29 is 18.5 Å². The highest BCUT2D eigenvalue weighted by Crippen LogP contribution is 2.42. The monoisotopic (exact) mass is 181 g/mol. The summed E-state index contributed by atoms with van der Waals surface area (Å²) in [5.74, 6) is 0. The number of hydroxylamine groups is 1. The Kier molecular flexibility index (Phi) is 4.94. The predicted octanol–water partition coefficient (Wildman–Crippen LogP) is 1.09. The van der Waals surface area contributed by atoms with Crippen molar-refractivity contribution in [2.24, 2.45) is 0 Å². The molecule has 0 aromatic carbocycles. The van der Waals surface area contributed by atoms with Crippen LogP contribution < -0.4 is 5.48 Å². The van der Waals surface area contributed by atoms with Gasteiger partial charge in [-0.15, -0.1) is 0 Å². The number of rotatable bonds is 5. The zero-order chi connectivity index (χ0) is 8.74. The number of hydrogen-bond donors (Lipinski definition) is 1. The molecule has 0 saturated carbocycles. The highest BCUT2D eigenvalue weighted by molar-refractivity contribution is 7.53. The van der Waals surface area contributed by atoms with E-state index in [1.165, 1.54) is 33.3 Å². The Morgan fingerprint density at radius 1 is 1.45 bits per heavy atom. The normalized spacial score (nSPS) is 16.3. The van der Waals surface area contributed by atoms with E-state index in [2.05, 4.69) is 14.8 Å². The van der Waals surface area contributed by atoms with E-state index >= 15 is 0 Å². The SMILES string of the molecule is CONC=COP(C)(=O)OC. The minimum absolute atomic E-state index is 1.20. The Hall–Kier alpha value is -0.510. The van der Waals surface area contributed by atoms with Crippen LogP contribution in [0.5, 0.6) is 0 Å². The van der Waals surface area contributed by atoms with E-state index in [-0.39, 0.29) is 0 Å². The molecule has 11 heavy (non-hydrogen) atoms. The molecule has 0 amide bonds. The van der Waals surface area contributed by atoms with Crippen molar-refractivity contribution in [2.75, 3.05) is 20.9 Å². The molecule has 0 aliphatic rings. The average Bonchev–Trinajstić information content (AvgIpc) is 1.99. The molecule has 0 aromatic heterocycles. The summed E-state index contributed by atoms with van der Waals surface area (Å²) in [7, 11) is -0.128. The van der Waals surface area contributed by atoms with Crippen molar-refractivity contribution in [1.29, 1.82) is 0 Å². The Balaban J connectivity index is 3.60. The first-order valence-corrected chi connectivity index (χ1v) is 4.86. The van der Waals surface area contributed by atoms with E-state index in [9.17, 15) is 4.57 Å². The highest BCUT2D eigenvalue weighted by atomic mass is 31.2. The maximum absolute atomic E-state index is 11.0. The zero-order valence-electron chi connectivity index (χ0n) is 6.73. The van der Waals surface area contributed by atoms with Gasteiger partial charge in [-0.25, -0.2) is 4.57 Å². The molecule has 0 fully saturated rings. The maximum atomic E-state index is 11.0. The third-order valence-corrected chi connectivity index (χ3v) is 2.01. The summed E-state index contributed by atoms with van der Waals surface area (Å²) < 4.78 is 20.2. The van der Waals surface area contributed by atoms with E-state index in [0.29, 0.717) is 0 Å². The second-order valence-electron chi connectivity index (χ2n) is 1.68. The van der Waals surface area contributed by atoms with Crippen LogP contribution in [0, 0.1) is 0 Å². The molecule has 0 heterocycles. The van der Waals surface area contributed by atoms with Crippen molar-refractivity contribution in [3.05, 3.63) is 12.5 Å². The molecule has 1 unspecified atom stereocenters. The standard InChI is InChI=1S/C5H12NO4P/c1-8-6-4-5-10-11(3,7)9-2/h4-6H,1-3H3. The quantitative estimate of drug-likeness (QED) is 0.391. The first-order valence-electron chi connectivity index (χ1n) is 2.87. The summed E-state index contributed by atoms with van der Waals surface area (Å²) in [6.45, 7) is 1.37. The first kappa shape index (κ1) is 10.5. The van der Waals surface area contributed by atoms with E-state index < -0.39 is 7.60 Å². The van der Waals surface area contributed by atoms with Gasteiger partial charge in [0.2, 0.25) is 0 Å². The fraction of sp³-hybridized carbons (Fsp3) is 0.600. The van der Waals surface area contributed by atoms with E-state index in [0.717, 1.165) is 0 Å². The van der Waals surface area contributed by atoms with Gasteiger partial charge < -0.3 is 9.05 Å². The summed E-state index contributed by atoms with van der Waals surface area (Å²) in [4.78, 5) is 4.44. The minimum atomic E-state index is -2.90. The topological polar surface area (TPSA) is 56.8 Å². The van der Waals surface area contributed by atoms with Crippen molar-refractivity contribution in [3.63, 3.8) is 0 Å². The molecule has 0 saturated heterocycles. The molecule has 0 spiro atoms. The van der Waals surface area contributed by atoms with Gasteiger partial charge in [-0.3, -0.25) is 10.3 Å². The molecule has 66 valence electrons. The van der Waals surface area contributed by atoms with Crippen LogP contribution in [0.4, 0.5) is 0 Å². The zero-order valence-corrected chi connectivity index (χ0v) is 7.63. The van der Waals surface area contributed by atoms with Crippen LogP contribution in [0.25, 0.3) is 0 Å². The molecule has 1 atom stereocenters. The van der Waals surface area contributed by atoms with Gasteiger partial charge in [0.05, 0.1) is 13.3 Å². The second kappa shape index (κ2) is 5.18. The van der Waals surface area contributed by atoms with Gasteiger partial charge in [-0.2, -0.15) is 0 Å². The maximum Gasteiger partial charge on any atom is 0.375 e. The largest absolute Gasteiger partial charge is 0.431 e. The van der Waals surface area contributed by atoms with Gasteiger partial charge in [0.15, 0.2) is 0 Å². The second-order valence-corrected chi connectivity index (χ2v) is 3.80. The van der Waals surface area contributed by atoms with Gasteiger partial charge in [0.25, 0.3) is 0 Å². The molecule has 1 N–H and O–H groups in total. The lowest BCUT2D eigenvalue weighted by Gasteiger charge is -2.07. The smallest absolute Gasteiger partial charge is 0.375 e. The van der Waals surface area contributed by atoms with Crippen molar-refractivity contribution in [1.82, 2.24) is 5.48 Å². The summed E-state index contributed by atoms with van der Waals surface area (Å²) >= 11 is 0. The third kappa shape index (κ3) is 5.91. The Morgan fingerprint density at radius 3 is 2.55 bits per heavy atom. The van der Waals surface area contributed by atoms with Crippen LogP contribution in [-0.2, 0) is 18.5 Å². The number of nitrogens with one attached hydrogen (secondary N) is 1. The summed E-state index contributed by atoms with van der Waals surface area (Å²) in [6, 6.07) is 0. The Labute approximate surface area is 65.8 Å². The van der Waals surface area contributed by atoms with Gasteiger partial charge in [-0.05, 0) is 0 Å². The molecule has 0 radical (unpaired) electrons. The number of hydrogen-bond acceptors (Lipinski definition) is 5. The minimum Gasteiger partial charge on any atom is -0.431 e. The fourth-order valence-electron chi connectivity index (χ4n) is 0.280. The van der Waals surface area contributed by atoms with Gasteiger partial charge in [0.1, 0.15) is 6.26 Å². The van der Waals surface area contributed by atoms with Crippen LogP contribution >= 0.6 is 7.60 Å². The molecule has 0 aliphatic heterocycles. The van der Waals surface area contributed by atoms with Crippen LogP contribution in [0.1, 0.15) is 0 Å². The molecular weight excluding hydrogens is 169 g/mol. The van der Waals surface area contributed by atoms with Crippen LogP contribution in [0.3, 0.4) is 0 Å². The summed E-state index contributed by atoms with van der Waals surface area (Å²) in [6.07, 6.45) is 2.56. The van der Waals surface area contributed by atoms with Crippen LogP contribution in [0.2, 0.25) is 0 Å². The Morgan fingerprint density at radius 2 is 2.09 bits per heavy atom. The molecule has 5 nitrogen and oxygen atoms in total. The lowest BCUT2D eigenvalue weighted by atomic mass is 11.0. The lowest BCUT2D eigenvalue weighted by Crippen LogP contribution is -2.00. The van der Waals surface area contributed by atoms with Crippen LogP contribution in [-0.4, -0.2) is 20.9 Å². The van der Waals surface area contributed by atoms with E-state index in [1.54, 1.807) is 0 Å². The average molecular weight is 181 g/mol. The molecule has 0 aromatic rings.